The molecule has 3 aliphatic carbocycles. The van der Waals surface area contributed by atoms with Crippen LogP contribution in [0.4, 0.5) is 0 Å². The van der Waals surface area contributed by atoms with Gasteiger partial charge in [0.2, 0.25) is 0 Å². The third-order valence-corrected chi connectivity index (χ3v) is 10.5. The number of quaternary nitrogens is 2. The summed E-state index contributed by atoms with van der Waals surface area (Å²) in [7, 11) is 0. The third kappa shape index (κ3) is 28.4. The molecule has 1 aromatic carbocycles. The van der Waals surface area contributed by atoms with Crippen molar-refractivity contribution in [2.75, 3.05) is 0 Å². The Morgan fingerprint density at radius 1 is 0.661 bits per heavy atom. The van der Waals surface area contributed by atoms with E-state index in [1.807, 2.05) is 30.3 Å². The second-order valence-corrected chi connectivity index (χ2v) is 18.5. The van der Waals surface area contributed by atoms with Crippen molar-refractivity contribution in [3.63, 3.8) is 0 Å². The van der Waals surface area contributed by atoms with Gasteiger partial charge in [0, 0.05) is 11.9 Å². The van der Waals surface area contributed by atoms with E-state index in [-0.39, 0.29) is 12.8 Å². The van der Waals surface area contributed by atoms with Crippen LogP contribution in [0.25, 0.3) is 0 Å². The monoisotopic (exact) mass is 790 g/mol. The van der Waals surface area contributed by atoms with E-state index in [2.05, 4.69) is 11.5 Å². The number of esters is 2. The molecule has 3 saturated carbocycles. The lowest BCUT2D eigenvalue weighted by Crippen LogP contribution is -2.61. The normalized spacial score (nSPS) is 17.9. The number of benzene rings is 1. The summed E-state index contributed by atoms with van der Waals surface area (Å²) < 4.78 is 10.4. The topological polar surface area (TPSA) is 185 Å². The van der Waals surface area contributed by atoms with E-state index in [9.17, 15) is 29.4 Å². The number of carboxylic acids is 2. The molecule has 0 saturated heterocycles. The second-order valence-electron chi connectivity index (χ2n) is 18.5. The zero-order valence-electron chi connectivity index (χ0n) is 36.3. The van der Waals surface area contributed by atoms with Gasteiger partial charge in [0.1, 0.15) is 11.2 Å². The van der Waals surface area contributed by atoms with Crippen molar-refractivity contribution in [2.45, 2.75) is 213 Å². The molecule has 1 aromatic rings. The molecule has 0 heterocycles. The van der Waals surface area contributed by atoms with Crippen LogP contribution in [0.1, 0.15) is 188 Å². The molecule has 4 rings (SSSR count). The molecular formula is C46H81N2O8+. The molecule has 3 fully saturated rings. The SMILES string of the molecule is CC(C)(C)OC(=O)C[C@@H](CCCC1CCCCC1)C(=O)[O-].CC(C)(C)OC(=O)C[C@@H](CCCc1ccccc1)C(=O)O.[NH3+]C1CCCCC1.[NH3+]C1CCCCC1. The number of aryl methyl sites for hydroxylation is 1. The van der Waals surface area contributed by atoms with Gasteiger partial charge in [-0.3, -0.25) is 14.4 Å². The van der Waals surface area contributed by atoms with Crippen LogP contribution in [0.5, 0.6) is 0 Å². The van der Waals surface area contributed by atoms with Gasteiger partial charge in [-0.2, -0.15) is 0 Å². The van der Waals surface area contributed by atoms with Crippen molar-refractivity contribution in [1.82, 2.24) is 0 Å². The van der Waals surface area contributed by atoms with Crippen LogP contribution in [0.15, 0.2) is 30.3 Å². The van der Waals surface area contributed by atoms with Gasteiger partial charge in [0.05, 0.1) is 30.8 Å². The van der Waals surface area contributed by atoms with E-state index in [1.54, 1.807) is 41.5 Å². The standard InChI is InChI=1S/C17H30O4.C17H24O4.2C6H13N/c2*1-17(2,3)21-15(18)12-14(16(19)20)11-7-10-13-8-5-4-6-9-13;2*7-6-4-2-1-3-5-6/h13-14H,4-12H2,1-3H3,(H,19,20);4-6,8-9,14H,7,10-12H2,1-3H3,(H,19,20);2*6H,1-5,7H2/p+1/t2*14-;;/m11../s1. The van der Waals surface area contributed by atoms with Crippen LogP contribution in [-0.4, -0.2) is 52.3 Å². The van der Waals surface area contributed by atoms with Crippen LogP contribution >= 0.6 is 0 Å². The van der Waals surface area contributed by atoms with Crippen LogP contribution < -0.4 is 16.6 Å². The molecule has 0 aromatic heterocycles. The molecule has 0 bridgehead atoms. The van der Waals surface area contributed by atoms with E-state index in [4.69, 9.17) is 9.47 Å². The van der Waals surface area contributed by atoms with Crippen molar-refractivity contribution in [2.24, 2.45) is 17.8 Å². The summed E-state index contributed by atoms with van der Waals surface area (Å²) in [4.78, 5) is 45.8. The molecule has 0 unspecified atom stereocenters. The maximum Gasteiger partial charge on any atom is 0.307 e. The minimum Gasteiger partial charge on any atom is -0.550 e. The summed E-state index contributed by atoms with van der Waals surface area (Å²) in [5, 5.41) is 20.4. The molecule has 56 heavy (non-hydrogen) atoms. The number of ether oxygens (including phenoxy) is 2. The summed E-state index contributed by atoms with van der Waals surface area (Å²) in [5.41, 5.74) is 8.02. The number of hydrogen-bond acceptors (Lipinski definition) is 7. The smallest absolute Gasteiger partial charge is 0.307 e. The zero-order chi connectivity index (χ0) is 42.0. The fourth-order valence-corrected chi connectivity index (χ4v) is 7.49. The predicted molar refractivity (Wildman–Crippen MR) is 220 cm³/mol. The maximum atomic E-state index is 11.7. The van der Waals surface area contributed by atoms with Crippen molar-refractivity contribution in [3.05, 3.63) is 35.9 Å². The molecule has 0 spiro atoms. The van der Waals surface area contributed by atoms with Gasteiger partial charge >= 0.3 is 17.9 Å². The van der Waals surface area contributed by atoms with E-state index >= 15 is 0 Å². The minimum absolute atomic E-state index is 0.0681. The van der Waals surface area contributed by atoms with Crippen molar-refractivity contribution < 1.29 is 50.3 Å². The number of rotatable bonds is 14. The molecular weight excluding hydrogens is 709 g/mol. The molecule has 10 heteroatoms. The summed E-state index contributed by atoms with van der Waals surface area (Å²) in [6.45, 7) is 10.7. The molecule has 0 aliphatic heterocycles. The predicted octanol–water partition coefficient (Wildman–Crippen LogP) is 7.40. The highest BCUT2D eigenvalue weighted by Crippen LogP contribution is 2.29. The van der Waals surface area contributed by atoms with Crippen LogP contribution in [0, 0.1) is 17.8 Å². The largest absolute Gasteiger partial charge is 0.550 e. The highest BCUT2D eigenvalue weighted by Gasteiger charge is 2.25. The highest BCUT2D eigenvalue weighted by atomic mass is 16.6. The van der Waals surface area contributed by atoms with Crippen molar-refractivity contribution in [1.29, 1.82) is 0 Å². The minimum atomic E-state index is -1.13. The van der Waals surface area contributed by atoms with E-state index in [0.717, 1.165) is 43.7 Å². The van der Waals surface area contributed by atoms with Gasteiger partial charge in [0.15, 0.2) is 0 Å². The van der Waals surface area contributed by atoms with Crippen LogP contribution in [-0.2, 0) is 35.1 Å². The van der Waals surface area contributed by atoms with Gasteiger partial charge in [-0.15, -0.1) is 0 Å². The van der Waals surface area contributed by atoms with Crippen LogP contribution in [0.3, 0.4) is 0 Å². The summed E-state index contributed by atoms with van der Waals surface area (Å²) in [5.74, 6) is -3.63. The lowest BCUT2D eigenvalue weighted by molar-refractivity contribution is -0.425. The summed E-state index contributed by atoms with van der Waals surface area (Å²) in [6.07, 6.45) is 24.9. The molecule has 10 nitrogen and oxygen atoms in total. The molecule has 2 atom stereocenters. The first-order chi connectivity index (χ1) is 26.3. The average molecular weight is 790 g/mol. The molecule has 0 amide bonds. The van der Waals surface area contributed by atoms with E-state index < -0.39 is 46.9 Å². The first-order valence-electron chi connectivity index (χ1n) is 21.9. The lowest BCUT2D eigenvalue weighted by atomic mass is 9.84. The molecule has 322 valence electrons. The number of carbonyl (C=O) groups excluding carboxylic acids is 3. The third-order valence-electron chi connectivity index (χ3n) is 10.5. The average Bonchev–Trinajstić information content (AvgIpc) is 3.11. The Hall–Kier alpha value is -2.98. The Labute approximate surface area is 339 Å². The highest BCUT2D eigenvalue weighted by molar-refractivity contribution is 5.79. The Kier molecular flexibility index (Phi) is 25.9. The first kappa shape index (κ1) is 51.0. The molecule has 7 N–H and O–H groups in total. The maximum absolute atomic E-state index is 11.7. The van der Waals surface area contributed by atoms with Crippen molar-refractivity contribution >= 4 is 23.9 Å². The quantitative estimate of drug-likeness (QED) is 0.163. The number of carbonyl (C=O) groups is 4. The van der Waals surface area contributed by atoms with E-state index in [1.165, 1.54) is 102 Å². The Bertz CT molecular complexity index is 1190. The van der Waals surface area contributed by atoms with Crippen LogP contribution in [0.2, 0.25) is 0 Å². The van der Waals surface area contributed by atoms with Gasteiger partial charge in [-0.05, 0) is 130 Å². The zero-order valence-corrected chi connectivity index (χ0v) is 36.3. The van der Waals surface area contributed by atoms with Gasteiger partial charge in [0.25, 0.3) is 0 Å². The lowest BCUT2D eigenvalue weighted by Gasteiger charge is -2.24. The molecule has 3 aliphatic rings. The van der Waals surface area contributed by atoms with Crippen molar-refractivity contribution in [3.8, 4) is 0 Å². The Morgan fingerprint density at radius 2 is 1.07 bits per heavy atom. The Balaban J connectivity index is 0.000000416. The van der Waals surface area contributed by atoms with Gasteiger partial charge in [-0.25, -0.2) is 0 Å². The van der Waals surface area contributed by atoms with Gasteiger partial charge < -0.3 is 35.9 Å². The Morgan fingerprint density at radius 3 is 1.45 bits per heavy atom. The second kappa shape index (κ2) is 28.4. The number of aliphatic carboxylic acids is 2. The summed E-state index contributed by atoms with van der Waals surface area (Å²) >= 11 is 0. The molecule has 0 radical (unpaired) electrons. The number of hydrogen-bond donors (Lipinski definition) is 3. The number of carboxylic acid groups (broad SMARTS) is 2. The van der Waals surface area contributed by atoms with Gasteiger partial charge in [-0.1, -0.05) is 88.1 Å². The summed E-state index contributed by atoms with van der Waals surface area (Å²) in [6, 6.07) is 11.5. The van der Waals surface area contributed by atoms with E-state index in [0.29, 0.717) is 12.8 Å². The fourth-order valence-electron chi connectivity index (χ4n) is 7.49. The first-order valence-corrected chi connectivity index (χ1v) is 21.9. The fraction of sp³-hybridized carbons (Fsp3) is 0.783.